The molecule has 5 heteroatoms. The maximum Gasteiger partial charge on any atom is 0.257 e. The van der Waals surface area contributed by atoms with Gasteiger partial charge < -0.3 is 4.90 Å². The van der Waals surface area contributed by atoms with Crippen LogP contribution in [0.2, 0.25) is 5.02 Å². The van der Waals surface area contributed by atoms with Crippen molar-refractivity contribution in [3.63, 3.8) is 0 Å². The third-order valence-corrected chi connectivity index (χ3v) is 3.42. The zero-order valence-corrected chi connectivity index (χ0v) is 12.6. The molecule has 0 saturated heterocycles. The molecule has 4 nitrogen and oxygen atoms in total. The van der Waals surface area contributed by atoms with Crippen LogP contribution in [0.15, 0.2) is 30.5 Å². The lowest BCUT2D eigenvalue weighted by Crippen LogP contribution is -2.36. The lowest BCUT2D eigenvalue weighted by molar-refractivity contribution is 0.0689. The van der Waals surface area contributed by atoms with Crippen LogP contribution in [-0.2, 0) is 6.54 Å². The van der Waals surface area contributed by atoms with Crippen LogP contribution < -0.4 is 0 Å². The van der Waals surface area contributed by atoms with Crippen LogP contribution in [0, 0.1) is 6.92 Å². The fourth-order valence-electron chi connectivity index (χ4n) is 2.04. The van der Waals surface area contributed by atoms with E-state index in [2.05, 4.69) is 10.2 Å². The molecule has 1 aromatic heterocycles. The molecule has 0 spiro atoms. The molecule has 2 rings (SSSR count). The molecule has 1 aromatic carbocycles. The Kier molecular flexibility index (Phi) is 4.45. The van der Waals surface area contributed by atoms with Crippen LogP contribution in [0.5, 0.6) is 0 Å². The monoisotopic (exact) mass is 291 g/mol. The Labute approximate surface area is 123 Å². The van der Waals surface area contributed by atoms with Crippen LogP contribution in [0.1, 0.15) is 35.5 Å². The first-order valence-corrected chi connectivity index (χ1v) is 6.92. The van der Waals surface area contributed by atoms with E-state index in [0.717, 1.165) is 11.3 Å². The maximum absolute atomic E-state index is 12.6. The first-order chi connectivity index (χ1) is 9.49. The van der Waals surface area contributed by atoms with E-state index in [4.69, 9.17) is 11.6 Å². The van der Waals surface area contributed by atoms with Crippen LogP contribution in [0.4, 0.5) is 0 Å². The summed E-state index contributed by atoms with van der Waals surface area (Å²) in [6, 6.07) is 7.66. The first-order valence-electron chi connectivity index (χ1n) is 6.54. The summed E-state index contributed by atoms with van der Waals surface area (Å²) in [5.74, 6) is -0.0220. The molecule has 0 aliphatic carbocycles. The summed E-state index contributed by atoms with van der Waals surface area (Å²) in [6.07, 6.45) is 1.57. The largest absolute Gasteiger partial charge is 0.332 e. The summed E-state index contributed by atoms with van der Waals surface area (Å²) < 4.78 is 0. The zero-order valence-electron chi connectivity index (χ0n) is 11.9. The summed E-state index contributed by atoms with van der Waals surface area (Å²) in [4.78, 5) is 14.4. The van der Waals surface area contributed by atoms with Gasteiger partial charge in [0.25, 0.3) is 5.91 Å². The summed E-state index contributed by atoms with van der Waals surface area (Å²) in [6.45, 7) is 6.37. The Morgan fingerprint density at radius 3 is 2.75 bits per heavy atom. The van der Waals surface area contributed by atoms with Crippen LogP contribution in [-0.4, -0.2) is 27.0 Å². The normalized spacial score (nSPS) is 10.8. The van der Waals surface area contributed by atoms with Gasteiger partial charge >= 0.3 is 0 Å². The van der Waals surface area contributed by atoms with Gasteiger partial charge in [0.1, 0.15) is 0 Å². The van der Waals surface area contributed by atoms with Crippen LogP contribution in [0.3, 0.4) is 0 Å². The van der Waals surface area contributed by atoms with E-state index in [1.54, 1.807) is 6.20 Å². The van der Waals surface area contributed by atoms with Crippen molar-refractivity contribution in [2.45, 2.75) is 33.4 Å². The van der Waals surface area contributed by atoms with Crippen LogP contribution in [0.25, 0.3) is 0 Å². The van der Waals surface area contributed by atoms with E-state index in [-0.39, 0.29) is 11.9 Å². The third kappa shape index (κ3) is 3.20. The Balaban J connectivity index is 2.24. The topological polar surface area (TPSA) is 49.0 Å². The van der Waals surface area contributed by atoms with E-state index in [9.17, 15) is 4.79 Å². The van der Waals surface area contributed by atoms with Gasteiger partial charge in [-0.3, -0.25) is 9.89 Å². The molecular formula is C15H18ClN3O. The number of nitrogens with zero attached hydrogens (tertiary/aromatic N) is 2. The number of halogens is 1. The highest BCUT2D eigenvalue weighted by atomic mass is 35.5. The lowest BCUT2D eigenvalue weighted by atomic mass is 10.1. The lowest BCUT2D eigenvalue weighted by Gasteiger charge is -2.26. The summed E-state index contributed by atoms with van der Waals surface area (Å²) in [5, 5.41) is 7.39. The van der Waals surface area contributed by atoms with Crippen molar-refractivity contribution in [1.29, 1.82) is 0 Å². The average Bonchev–Trinajstić information content (AvgIpc) is 2.81. The molecule has 106 valence electrons. The highest BCUT2D eigenvalue weighted by Gasteiger charge is 2.21. The minimum Gasteiger partial charge on any atom is -0.332 e. The van der Waals surface area contributed by atoms with Crippen molar-refractivity contribution < 1.29 is 4.79 Å². The fourth-order valence-corrected chi connectivity index (χ4v) is 2.25. The van der Waals surface area contributed by atoms with Gasteiger partial charge in [-0.1, -0.05) is 23.7 Å². The SMILES string of the molecule is Cc1[nH]ncc1C(=O)N(Cc1cccc(Cl)c1)C(C)C. The quantitative estimate of drug-likeness (QED) is 0.938. The predicted molar refractivity (Wildman–Crippen MR) is 79.8 cm³/mol. The van der Waals surface area contributed by atoms with Gasteiger partial charge in [-0.25, -0.2) is 0 Å². The Morgan fingerprint density at radius 2 is 2.20 bits per heavy atom. The predicted octanol–water partition coefficient (Wildman–Crippen LogP) is 3.42. The number of amides is 1. The molecule has 0 unspecified atom stereocenters. The molecular weight excluding hydrogens is 274 g/mol. The smallest absolute Gasteiger partial charge is 0.257 e. The molecule has 1 heterocycles. The molecule has 0 bridgehead atoms. The van der Waals surface area contributed by atoms with Gasteiger partial charge in [-0.05, 0) is 38.5 Å². The van der Waals surface area contributed by atoms with Crippen molar-refractivity contribution in [3.8, 4) is 0 Å². The summed E-state index contributed by atoms with van der Waals surface area (Å²) >= 11 is 5.99. The van der Waals surface area contributed by atoms with Crippen molar-refractivity contribution in [1.82, 2.24) is 15.1 Å². The van der Waals surface area contributed by atoms with Crippen molar-refractivity contribution >= 4 is 17.5 Å². The second kappa shape index (κ2) is 6.09. The number of aromatic nitrogens is 2. The van der Waals surface area contributed by atoms with Crippen molar-refractivity contribution in [2.75, 3.05) is 0 Å². The molecule has 0 aliphatic rings. The number of hydrogen-bond acceptors (Lipinski definition) is 2. The average molecular weight is 292 g/mol. The van der Waals surface area contributed by atoms with E-state index >= 15 is 0 Å². The highest BCUT2D eigenvalue weighted by Crippen LogP contribution is 2.17. The zero-order chi connectivity index (χ0) is 14.7. The van der Waals surface area contributed by atoms with Crippen molar-refractivity contribution in [2.24, 2.45) is 0 Å². The van der Waals surface area contributed by atoms with Crippen molar-refractivity contribution in [3.05, 3.63) is 52.3 Å². The Hall–Kier alpha value is -1.81. The maximum atomic E-state index is 12.6. The van der Waals surface area contributed by atoms with Crippen LogP contribution >= 0.6 is 11.6 Å². The third-order valence-electron chi connectivity index (χ3n) is 3.19. The molecule has 1 amide bonds. The van der Waals surface area contributed by atoms with Gasteiger partial charge in [-0.15, -0.1) is 0 Å². The summed E-state index contributed by atoms with van der Waals surface area (Å²) in [7, 11) is 0. The highest BCUT2D eigenvalue weighted by molar-refractivity contribution is 6.30. The second-order valence-electron chi connectivity index (χ2n) is 5.07. The van der Waals surface area contributed by atoms with Gasteiger partial charge in [-0.2, -0.15) is 5.10 Å². The number of rotatable bonds is 4. The van der Waals surface area contributed by atoms with Gasteiger partial charge in [0.05, 0.1) is 11.8 Å². The first kappa shape index (κ1) is 14.6. The van der Waals surface area contributed by atoms with E-state index < -0.39 is 0 Å². The number of aryl methyl sites for hydroxylation is 1. The number of H-pyrrole nitrogens is 1. The van der Waals surface area contributed by atoms with E-state index in [1.165, 1.54) is 0 Å². The second-order valence-corrected chi connectivity index (χ2v) is 5.50. The van der Waals surface area contributed by atoms with E-state index in [0.29, 0.717) is 17.1 Å². The van der Waals surface area contributed by atoms with E-state index in [1.807, 2.05) is 49.9 Å². The number of aromatic amines is 1. The molecule has 20 heavy (non-hydrogen) atoms. The molecule has 0 saturated carbocycles. The molecule has 0 fully saturated rings. The molecule has 1 N–H and O–H groups in total. The molecule has 0 radical (unpaired) electrons. The van der Waals surface area contributed by atoms with Gasteiger partial charge in [0.15, 0.2) is 0 Å². The molecule has 2 aromatic rings. The standard InChI is InChI=1S/C15H18ClN3O/c1-10(2)19(9-12-5-4-6-13(16)7-12)15(20)14-8-17-18-11(14)3/h4-8,10H,9H2,1-3H3,(H,17,18). The number of benzene rings is 1. The number of carbonyl (C=O) groups is 1. The number of nitrogens with one attached hydrogen (secondary N) is 1. The van der Waals surface area contributed by atoms with Gasteiger partial charge in [0.2, 0.25) is 0 Å². The Morgan fingerprint density at radius 1 is 1.45 bits per heavy atom. The number of carbonyl (C=O) groups excluding carboxylic acids is 1. The fraction of sp³-hybridized carbons (Fsp3) is 0.333. The number of hydrogen-bond donors (Lipinski definition) is 1. The summed E-state index contributed by atoms with van der Waals surface area (Å²) in [5.41, 5.74) is 2.41. The van der Waals surface area contributed by atoms with Gasteiger partial charge in [0, 0.05) is 23.3 Å². The minimum atomic E-state index is -0.0220. The Bertz CT molecular complexity index is 607. The molecule has 0 aliphatic heterocycles. The minimum absolute atomic E-state index is 0.0220. The molecule has 0 atom stereocenters.